The smallest absolute Gasteiger partial charge is 0.0679 e. The van der Waals surface area contributed by atoms with E-state index in [0.29, 0.717) is 10.0 Å². The number of likely N-dealkylation sites (tertiary alicyclic amines) is 1. The van der Waals surface area contributed by atoms with Crippen LogP contribution in [0.1, 0.15) is 12.0 Å². The number of hydrogen-bond donors (Lipinski definition) is 1. The van der Waals surface area contributed by atoms with Crippen LogP contribution < -0.4 is 0 Å². The Balaban J connectivity index is 2.02. The largest absolute Gasteiger partial charge is 0.392 e. The van der Waals surface area contributed by atoms with Crippen LogP contribution in [0.15, 0.2) is 18.2 Å². The summed E-state index contributed by atoms with van der Waals surface area (Å²) in [6.45, 7) is 2.52. The molecule has 0 aliphatic carbocycles. The van der Waals surface area contributed by atoms with E-state index in [2.05, 4.69) is 4.90 Å². The molecule has 1 aliphatic heterocycles. The zero-order valence-electron chi connectivity index (χ0n) is 8.29. The van der Waals surface area contributed by atoms with Gasteiger partial charge < -0.3 is 5.11 Å². The van der Waals surface area contributed by atoms with E-state index in [0.717, 1.165) is 31.6 Å². The zero-order chi connectivity index (χ0) is 10.8. The van der Waals surface area contributed by atoms with Crippen molar-refractivity contribution < 1.29 is 5.11 Å². The number of halogens is 2. The molecule has 2 rings (SSSR count). The van der Waals surface area contributed by atoms with E-state index in [1.165, 1.54) is 0 Å². The first-order chi connectivity index (χ1) is 7.15. The van der Waals surface area contributed by atoms with E-state index in [1.54, 1.807) is 0 Å². The van der Waals surface area contributed by atoms with Crippen molar-refractivity contribution in [2.45, 2.75) is 19.1 Å². The normalized spacial score (nSPS) is 22.2. The van der Waals surface area contributed by atoms with Gasteiger partial charge in [-0.3, -0.25) is 4.90 Å². The van der Waals surface area contributed by atoms with Gasteiger partial charge in [-0.2, -0.15) is 0 Å². The fourth-order valence-corrected chi connectivity index (χ4v) is 2.17. The number of nitrogens with zero attached hydrogens (tertiary/aromatic N) is 1. The van der Waals surface area contributed by atoms with Gasteiger partial charge in [-0.15, -0.1) is 0 Å². The molecular formula is C11H13Cl2NO. The lowest BCUT2D eigenvalue weighted by Gasteiger charge is -2.15. The summed E-state index contributed by atoms with van der Waals surface area (Å²) in [4.78, 5) is 2.21. The Kier molecular flexibility index (Phi) is 3.52. The number of benzene rings is 1. The maximum absolute atomic E-state index is 9.39. The highest BCUT2D eigenvalue weighted by molar-refractivity contribution is 6.42. The lowest BCUT2D eigenvalue weighted by Crippen LogP contribution is -2.21. The highest BCUT2D eigenvalue weighted by atomic mass is 35.5. The number of rotatable bonds is 2. The molecule has 0 spiro atoms. The van der Waals surface area contributed by atoms with Crippen LogP contribution in [0.25, 0.3) is 0 Å². The fraction of sp³-hybridized carbons (Fsp3) is 0.455. The van der Waals surface area contributed by atoms with Crippen molar-refractivity contribution in [1.82, 2.24) is 4.90 Å². The summed E-state index contributed by atoms with van der Waals surface area (Å²) in [6.07, 6.45) is 0.689. The van der Waals surface area contributed by atoms with E-state index in [4.69, 9.17) is 23.2 Å². The summed E-state index contributed by atoms with van der Waals surface area (Å²) in [5.74, 6) is 0. The topological polar surface area (TPSA) is 23.5 Å². The highest BCUT2D eigenvalue weighted by Crippen LogP contribution is 2.24. The van der Waals surface area contributed by atoms with Crippen molar-refractivity contribution in [1.29, 1.82) is 0 Å². The SMILES string of the molecule is OC1CCN(Cc2ccc(Cl)c(Cl)c2)C1. The Morgan fingerprint density at radius 2 is 2.13 bits per heavy atom. The molecular weight excluding hydrogens is 233 g/mol. The molecule has 82 valence electrons. The Morgan fingerprint density at radius 1 is 1.33 bits per heavy atom. The second-order valence-corrected chi connectivity index (χ2v) is 4.74. The minimum Gasteiger partial charge on any atom is -0.392 e. The van der Waals surface area contributed by atoms with Crippen molar-refractivity contribution in [3.05, 3.63) is 33.8 Å². The van der Waals surface area contributed by atoms with Crippen molar-refractivity contribution >= 4 is 23.2 Å². The summed E-state index contributed by atoms with van der Waals surface area (Å²) >= 11 is 11.8. The Bertz CT molecular complexity index is 356. The van der Waals surface area contributed by atoms with E-state index < -0.39 is 0 Å². The first-order valence-corrected chi connectivity index (χ1v) is 5.75. The number of β-amino-alcohol motifs (C(OH)–C–C–N with tert-alkyl or cyclic N) is 1. The first kappa shape index (κ1) is 11.2. The standard InChI is InChI=1S/C11H13Cl2NO/c12-10-2-1-8(5-11(10)13)6-14-4-3-9(15)7-14/h1-2,5,9,15H,3-4,6-7H2. The van der Waals surface area contributed by atoms with Crippen LogP contribution in [0.5, 0.6) is 0 Å². The Morgan fingerprint density at radius 3 is 2.73 bits per heavy atom. The van der Waals surface area contributed by atoms with Gasteiger partial charge in [0.15, 0.2) is 0 Å². The monoisotopic (exact) mass is 245 g/mol. The van der Waals surface area contributed by atoms with Crippen LogP contribution in [-0.4, -0.2) is 29.2 Å². The van der Waals surface area contributed by atoms with Crippen LogP contribution >= 0.6 is 23.2 Å². The van der Waals surface area contributed by atoms with E-state index >= 15 is 0 Å². The fourth-order valence-electron chi connectivity index (χ4n) is 1.85. The highest BCUT2D eigenvalue weighted by Gasteiger charge is 2.19. The van der Waals surface area contributed by atoms with Crippen LogP contribution in [0.2, 0.25) is 10.0 Å². The molecule has 1 atom stereocenters. The maximum atomic E-state index is 9.39. The van der Waals surface area contributed by atoms with E-state index in [-0.39, 0.29) is 6.10 Å². The minimum atomic E-state index is -0.173. The van der Waals surface area contributed by atoms with Crippen molar-refractivity contribution in [2.75, 3.05) is 13.1 Å². The summed E-state index contributed by atoms with van der Waals surface area (Å²) in [7, 11) is 0. The molecule has 0 aromatic heterocycles. The van der Waals surface area contributed by atoms with Crippen LogP contribution in [0, 0.1) is 0 Å². The van der Waals surface area contributed by atoms with Gasteiger partial charge in [0.2, 0.25) is 0 Å². The van der Waals surface area contributed by atoms with Crippen molar-refractivity contribution in [3.63, 3.8) is 0 Å². The van der Waals surface area contributed by atoms with Gasteiger partial charge in [0.25, 0.3) is 0 Å². The van der Waals surface area contributed by atoms with Gasteiger partial charge in [0.1, 0.15) is 0 Å². The molecule has 1 saturated heterocycles. The predicted octanol–water partition coefficient (Wildman–Crippen LogP) is 2.56. The third-order valence-corrected chi connectivity index (χ3v) is 3.38. The molecule has 1 unspecified atom stereocenters. The summed E-state index contributed by atoms with van der Waals surface area (Å²) in [6, 6.07) is 5.67. The van der Waals surface area contributed by atoms with Crippen LogP contribution in [-0.2, 0) is 6.54 Å². The molecule has 0 saturated carbocycles. The molecule has 1 aliphatic rings. The molecule has 2 nitrogen and oxygen atoms in total. The zero-order valence-corrected chi connectivity index (χ0v) is 9.80. The predicted molar refractivity (Wildman–Crippen MR) is 62.4 cm³/mol. The van der Waals surface area contributed by atoms with Gasteiger partial charge in [-0.05, 0) is 24.1 Å². The van der Waals surface area contributed by atoms with Crippen LogP contribution in [0.4, 0.5) is 0 Å². The molecule has 1 aromatic carbocycles. The Labute approximate surface area is 99.4 Å². The molecule has 15 heavy (non-hydrogen) atoms. The van der Waals surface area contributed by atoms with E-state index in [1.807, 2.05) is 18.2 Å². The second kappa shape index (κ2) is 4.71. The van der Waals surface area contributed by atoms with Crippen molar-refractivity contribution in [2.24, 2.45) is 0 Å². The summed E-state index contributed by atoms with van der Waals surface area (Å²) in [5, 5.41) is 10.6. The summed E-state index contributed by atoms with van der Waals surface area (Å²) in [5.41, 5.74) is 1.14. The summed E-state index contributed by atoms with van der Waals surface area (Å²) < 4.78 is 0. The molecule has 0 radical (unpaired) electrons. The molecule has 1 aromatic rings. The lowest BCUT2D eigenvalue weighted by atomic mass is 10.2. The van der Waals surface area contributed by atoms with Crippen molar-refractivity contribution in [3.8, 4) is 0 Å². The minimum absolute atomic E-state index is 0.173. The quantitative estimate of drug-likeness (QED) is 0.866. The number of aliphatic hydroxyl groups is 1. The Hall–Kier alpha value is -0.280. The average molecular weight is 246 g/mol. The second-order valence-electron chi connectivity index (χ2n) is 3.93. The van der Waals surface area contributed by atoms with Crippen LogP contribution in [0.3, 0.4) is 0 Å². The molecule has 1 heterocycles. The van der Waals surface area contributed by atoms with Gasteiger partial charge >= 0.3 is 0 Å². The van der Waals surface area contributed by atoms with Gasteiger partial charge in [0.05, 0.1) is 16.1 Å². The van der Waals surface area contributed by atoms with Gasteiger partial charge in [-0.25, -0.2) is 0 Å². The molecule has 0 amide bonds. The molecule has 4 heteroatoms. The maximum Gasteiger partial charge on any atom is 0.0679 e. The molecule has 1 fully saturated rings. The first-order valence-electron chi connectivity index (χ1n) is 4.99. The van der Waals surface area contributed by atoms with Gasteiger partial charge in [0, 0.05) is 19.6 Å². The third kappa shape index (κ3) is 2.85. The molecule has 0 bridgehead atoms. The molecule has 1 N–H and O–H groups in total. The lowest BCUT2D eigenvalue weighted by molar-refractivity contribution is 0.175. The average Bonchev–Trinajstić information content (AvgIpc) is 2.58. The number of aliphatic hydroxyl groups excluding tert-OH is 1. The number of hydrogen-bond acceptors (Lipinski definition) is 2. The third-order valence-electron chi connectivity index (χ3n) is 2.64. The van der Waals surface area contributed by atoms with E-state index in [9.17, 15) is 5.11 Å². The van der Waals surface area contributed by atoms with Gasteiger partial charge in [-0.1, -0.05) is 29.3 Å².